The summed E-state index contributed by atoms with van der Waals surface area (Å²) in [7, 11) is -2.87. The monoisotopic (exact) mass is 386 g/mol. The van der Waals surface area contributed by atoms with Crippen LogP contribution in [0.25, 0.3) is 6.08 Å². The van der Waals surface area contributed by atoms with E-state index in [1.54, 1.807) is 24.3 Å². The molecule has 0 amide bonds. The molecule has 0 aliphatic rings. The molecule has 0 aliphatic carbocycles. The molecule has 0 saturated carbocycles. The number of anilines is 1. The third-order valence-electron chi connectivity index (χ3n) is 3.17. The first-order chi connectivity index (χ1) is 11.8. The Kier molecular flexibility index (Phi) is 5.90. The van der Waals surface area contributed by atoms with Crippen molar-refractivity contribution in [2.24, 2.45) is 5.14 Å². The number of nitrogens with zero attached hydrogens (tertiary/aromatic N) is 1. The molecule has 25 heavy (non-hydrogen) atoms. The van der Waals surface area contributed by atoms with E-state index in [1.807, 2.05) is 0 Å². The predicted molar refractivity (Wildman–Crippen MR) is 93.1 cm³/mol. The maximum atomic E-state index is 14.2. The van der Waals surface area contributed by atoms with Gasteiger partial charge in [0.15, 0.2) is 0 Å². The molecule has 0 saturated heterocycles. The first kappa shape index (κ1) is 19.1. The summed E-state index contributed by atoms with van der Waals surface area (Å²) in [6.07, 6.45) is 2.45. The van der Waals surface area contributed by atoms with Crippen LogP contribution in [0, 0.1) is 5.82 Å². The standard InChI is InChI=1S/C15H15FN2O5S2/c1-23-13-7-3-2-5-11(13)9-10-18(24(19)20)15-12(16)6-4-8-14(15)25(17,21)22/h2-10H,1H3,(H,19,20)(H2,17,21,22). The summed E-state index contributed by atoms with van der Waals surface area (Å²) in [5, 5.41) is 5.07. The van der Waals surface area contributed by atoms with Gasteiger partial charge in [-0.25, -0.2) is 26.5 Å². The maximum Gasteiger partial charge on any atom is 0.266 e. The van der Waals surface area contributed by atoms with Crippen LogP contribution in [0.15, 0.2) is 53.6 Å². The molecule has 1 atom stereocenters. The van der Waals surface area contributed by atoms with E-state index < -0.39 is 37.7 Å². The fraction of sp³-hybridized carbons (Fsp3) is 0.0667. The van der Waals surface area contributed by atoms with Crippen LogP contribution in [0.4, 0.5) is 10.1 Å². The second kappa shape index (κ2) is 7.74. The van der Waals surface area contributed by atoms with Gasteiger partial charge in [0.05, 0.1) is 7.11 Å². The number of nitrogens with two attached hydrogens (primary N) is 1. The van der Waals surface area contributed by atoms with Crippen LogP contribution in [0.5, 0.6) is 5.75 Å². The summed E-state index contributed by atoms with van der Waals surface area (Å²) < 4.78 is 64.4. The van der Waals surface area contributed by atoms with Gasteiger partial charge in [0.25, 0.3) is 11.3 Å². The van der Waals surface area contributed by atoms with Crippen molar-refractivity contribution in [3.8, 4) is 5.75 Å². The van der Waals surface area contributed by atoms with Gasteiger partial charge < -0.3 is 4.74 Å². The number of primary sulfonamides is 1. The van der Waals surface area contributed by atoms with Crippen LogP contribution >= 0.6 is 0 Å². The molecule has 0 radical (unpaired) electrons. The van der Waals surface area contributed by atoms with E-state index in [1.165, 1.54) is 13.2 Å². The van der Waals surface area contributed by atoms with E-state index in [-0.39, 0.29) is 0 Å². The van der Waals surface area contributed by atoms with Crippen molar-refractivity contribution >= 4 is 33.1 Å². The van der Waals surface area contributed by atoms with E-state index >= 15 is 0 Å². The number of benzene rings is 2. The summed E-state index contributed by atoms with van der Waals surface area (Å²) in [4.78, 5) is -0.612. The molecule has 7 nitrogen and oxygen atoms in total. The molecule has 2 aromatic carbocycles. The lowest BCUT2D eigenvalue weighted by Gasteiger charge is -2.19. The minimum Gasteiger partial charge on any atom is -0.496 e. The highest BCUT2D eigenvalue weighted by atomic mass is 32.2. The normalized spacial score (nSPS) is 13.0. The molecular formula is C15H15FN2O5S2. The summed E-state index contributed by atoms with van der Waals surface area (Å²) >= 11 is -2.75. The number of para-hydroxylation sites is 2. The molecule has 0 aliphatic heterocycles. The molecule has 3 N–H and O–H groups in total. The largest absolute Gasteiger partial charge is 0.496 e. The molecule has 0 fully saturated rings. The number of sulfonamides is 1. The zero-order valence-electron chi connectivity index (χ0n) is 13.0. The lowest BCUT2D eigenvalue weighted by atomic mass is 10.2. The molecule has 0 bridgehead atoms. The highest BCUT2D eigenvalue weighted by molar-refractivity contribution is 7.89. The fourth-order valence-corrected chi connectivity index (χ4v) is 3.39. The van der Waals surface area contributed by atoms with Crippen LogP contribution in [-0.2, 0) is 21.3 Å². The summed E-state index contributed by atoms with van der Waals surface area (Å²) in [5.74, 6) is -0.541. The third kappa shape index (κ3) is 4.42. The number of hydrogen-bond donors (Lipinski definition) is 2. The average molecular weight is 386 g/mol. The minimum absolute atomic E-state index is 0.475. The van der Waals surface area contributed by atoms with Gasteiger partial charge in [-0.15, -0.1) is 0 Å². The van der Waals surface area contributed by atoms with Crippen LogP contribution in [0.2, 0.25) is 0 Å². The summed E-state index contributed by atoms with van der Waals surface area (Å²) in [6.45, 7) is 0. The topological polar surface area (TPSA) is 110 Å². The number of ether oxygens (including phenoxy) is 1. The number of halogens is 1. The molecule has 0 heterocycles. The smallest absolute Gasteiger partial charge is 0.266 e. The predicted octanol–water partition coefficient (Wildman–Crippen LogP) is 2.10. The molecule has 134 valence electrons. The molecule has 10 heteroatoms. The maximum absolute atomic E-state index is 14.2. The number of methoxy groups -OCH3 is 1. The van der Waals surface area contributed by atoms with Gasteiger partial charge in [-0.05, 0) is 24.3 Å². The van der Waals surface area contributed by atoms with Crippen molar-refractivity contribution in [3.63, 3.8) is 0 Å². The van der Waals surface area contributed by atoms with Crippen molar-refractivity contribution in [1.29, 1.82) is 0 Å². The van der Waals surface area contributed by atoms with Crippen LogP contribution < -0.4 is 14.2 Å². The molecule has 1 unspecified atom stereocenters. The van der Waals surface area contributed by atoms with Gasteiger partial charge in [-0.3, -0.25) is 4.55 Å². The van der Waals surface area contributed by atoms with E-state index in [4.69, 9.17) is 9.88 Å². The second-order valence-electron chi connectivity index (χ2n) is 4.75. The van der Waals surface area contributed by atoms with Gasteiger partial charge >= 0.3 is 0 Å². The van der Waals surface area contributed by atoms with E-state index in [9.17, 15) is 21.6 Å². The number of hydrogen-bond acceptors (Lipinski definition) is 4. The minimum atomic E-state index is -4.32. The van der Waals surface area contributed by atoms with E-state index in [0.717, 1.165) is 24.4 Å². The van der Waals surface area contributed by atoms with Crippen LogP contribution in [-0.4, -0.2) is 24.3 Å². The molecule has 2 aromatic rings. The SMILES string of the molecule is COc1ccccc1C=CN(c1c(F)cccc1S(N)(=O)=O)S(=O)O. The Balaban J connectivity index is 2.58. The Morgan fingerprint density at radius 3 is 2.52 bits per heavy atom. The third-order valence-corrected chi connectivity index (χ3v) is 4.76. The first-order valence-electron chi connectivity index (χ1n) is 6.78. The first-order valence-corrected chi connectivity index (χ1v) is 9.39. The van der Waals surface area contributed by atoms with Gasteiger partial charge in [0, 0.05) is 11.8 Å². The van der Waals surface area contributed by atoms with Gasteiger partial charge in [-0.2, -0.15) is 0 Å². The van der Waals surface area contributed by atoms with E-state index in [0.29, 0.717) is 15.6 Å². The lowest BCUT2D eigenvalue weighted by Crippen LogP contribution is -2.24. The summed E-state index contributed by atoms with van der Waals surface area (Å²) in [5.41, 5.74) is -0.0917. The van der Waals surface area contributed by atoms with Crippen molar-refractivity contribution in [2.75, 3.05) is 11.4 Å². The molecule has 0 spiro atoms. The highest BCUT2D eigenvalue weighted by Gasteiger charge is 2.24. The van der Waals surface area contributed by atoms with Gasteiger partial charge in [0.2, 0.25) is 10.0 Å². The Morgan fingerprint density at radius 1 is 1.24 bits per heavy atom. The second-order valence-corrected chi connectivity index (χ2v) is 7.13. The average Bonchev–Trinajstić information content (AvgIpc) is 2.55. The molecule has 0 aromatic heterocycles. The Hall–Kier alpha value is -2.27. The Bertz CT molecular complexity index is 931. The van der Waals surface area contributed by atoms with Crippen molar-refractivity contribution < 1.29 is 26.3 Å². The van der Waals surface area contributed by atoms with Gasteiger partial charge in [0.1, 0.15) is 22.1 Å². The summed E-state index contributed by atoms with van der Waals surface area (Å²) in [6, 6.07) is 9.91. The van der Waals surface area contributed by atoms with Gasteiger partial charge in [-0.1, -0.05) is 24.3 Å². The Morgan fingerprint density at radius 2 is 1.92 bits per heavy atom. The fourth-order valence-electron chi connectivity index (χ4n) is 2.10. The lowest BCUT2D eigenvalue weighted by molar-refractivity contribution is 0.414. The molecule has 2 rings (SSSR count). The van der Waals surface area contributed by atoms with E-state index in [2.05, 4.69) is 0 Å². The number of rotatable bonds is 6. The quantitative estimate of drug-likeness (QED) is 0.739. The highest BCUT2D eigenvalue weighted by Crippen LogP contribution is 2.29. The van der Waals surface area contributed by atoms with Crippen LogP contribution in [0.1, 0.15) is 5.56 Å². The zero-order valence-corrected chi connectivity index (χ0v) is 14.6. The van der Waals surface area contributed by atoms with Crippen molar-refractivity contribution in [1.82, 2.24) is 0 Å². The van der Waals surface area contributed by atoms with Crippen molar-refractivity contribution in [2.45, 2.75) is 4.90 Å². The zero-order chi connectivity index (χ0) is 18.6. The molecular weight excluding hydrogens is 371 g/mol. The van der Waals surface area contributed by atoms with Crippen LogP contribution in [0.3, 0.4) is 0 Å². The van der Waals surface area contributed by atoms with Crippen molar-refractivity contribution in [3.05, 3.63) is 60.0 Å². The Labute approximate surface area is 147 Å².